The summed E-state index contributed by atoms with van der Waals surface area (Å²) in [5.74, 6) is 0. The van der Waals surface area contributed by atoms with Gasteiger partial charge in [0.25, 0.3) is 5.69 Å². The first-order chi connectivity index (χ1) is 10.1. The molecule has 0 aromatic heterocycles. The Hall–Kier alpha value is -2.07. The van der Waals surface area contributed by atoms with E-state index in [9.17, 15) is 10.1 Å². The minimum absolute atomic E-state index is 0.0636. The van der Waals surface area contributed by atoms with Crippen LogP contribution in [0.3, 0.4) is 0 Å². The van der Waals surface area contributed by atoms with Gasteiger partial charge in [-0.15, -0.1) is 0 Å². The van der Waals surface area contributed by atoms with Gasteiger partial charge in [-0.1, -0.05) is 35.9 Å². The summed E-state index contributed by atoms with van der Waals surface area (Å²) in [6.07, 6.45) is 3.29. The van der Waals surface area contributed by atoms with Crippen molar-refractivity contribution in [3.8, 4) is 0 Å². The normalized spacial score (nSPS) is 17.1. The molecular formula is C16H15ClN2O2. The molecule has 0 heterocycles. The third kappa shape index (κ3) is 2.85. The molecule has 0 fully saturated rings. The smallest absolute Gasteiger partial charge is 0.288 e. The Morgan fingerprint density at radius 1 is 1.24 bits per heavy atom. The Bertz CT molecular complexity index is 688. The molecule has 1 aliphatic rings. The Kier molecular flexibility index (Phi) is 3.80. The molecule has 21 heavy (non-hydrogen) atoms. The lowest BCUT2D eigenvalue weighted by Gasteiger charge is -2.27. The molecule has 0 bridgehead atoms. The lowest BCUT2D eigenvalue weighted by Crippen LogP contribution is -2.17. The fraction of sp³-hybridized carbons (Fsp3) is 0.250. The van der Waals surface area contributed by atoms with Gasteiger partial charge in [-0.2, -0.15) is 0 Å². The summed E-state index contributed by atoms with van der Waals surface area (Å²) in [5.41, 5.74) is 3.42. The van der Waals surface area contributed by atoms with Crippen molar-refractivity contribution < 1.29 is 4.92 Å². The van der Waals surface area contributed by atoms with Crippen LogP contribution in [0.25, 0.3) is 0 Å². The molecule has 2 aromatic rings. The van der Waals surface area contributed by atoms with Crippen molar-refractivity contribution in [3.63, 3.8) is 0 Å². The summed E-state index contributed by atoms with van der Waals surface area (Å²) in [5, 5.41) is 14.4. The van der Waals surface area contributed by atoms with E-state index in [1.54, 1.807) is 12.1 Å². The Morgan fingerprint density at radius 2 is 2.05 bits per heavy atom. The minimum Gasteiger partial charge on any atom is -0.378 e. The maximum absolute atomic E-state index is 10.8. The van der Waals surface area contributed by atoms with Crippen LogP contribution >= 0.6 is 11.6 Å². The van der Waals surface area contributed by atoms with Gasteiger partial charge in [0.05, 0.1) is 11.0 Å². The van der Waals surface area contributed by atoms with Gasteiger partial charge in [-0.05, 0) is 42.5 Å². The fourth-order valence-corrected chi connectivity index (χ4v) is 3.10. The summed E-state index contributed by atoms with van der Waals surface area (Å²) in [6, 6.07) is 13.4. The molecule has 1 atom stereocenters. The van der Waals surface area contributed by atoms with Crippen molar-refractivity contribution in [1.82, 2.24) is 0 Å². The number of hydrogen-bond donors (Lipinski definition) is 1. The monoisotopic (exact) mass is 302 g/mol. The average Bonchev–Trinajstić information content (AvgIpc) is 2.47. The topological polar surface area (TPSA) is 55.2 Å². The number of benzene rings is 2. The number of anilines is 1. The highest BCUT2D eigenvalue weighted by Gasteiger charge is 2.20. The molecule has 0 amide bonds. The molecule has 2 aromatic carbocycles. The number of aryl methyl sites for hydroxylation is 1. The zero-order chi connectivity index (χ0) is 14.8. The molecule has 1 unspecified atom stereocenters. The van der Waals surface area contributed by atoms with Crippen LogP contribution in [-0.4, -0.2) is 4.92 Å². The average molecular weight is 303 g/mol. The van der Waals surface area contributed by atoms with Gasteiger partial charge in [0.2, 0.25) is 0 Å². The van der Waals surface area contributed by atoms with Crippen LogP contribution in [0, 0.1) is 10.1 Å². The highest BCUT2D eigenvalue weighted by atomic mass is 35.5. The predicted molar refractivity (Wildman–Crippen MR) is 83.9 cm³/mol. The molecular weight excluding hydrogens is 288 g/mol. The Labute approximate surface area is 127 Å². The number of nitrogens with one attached hydrogen (secondary N) is 1. The molecule has 0 radical (unpaired) electrons. The summed E-state index contributed by atoms with van der Waals surface area (Å²) in [4.78, 5) is 10.3. The van der Waals surface area contributed by atoms with Crippen molar-refractivity contribution in [2.24, 2.45) is 0 Å². The van der Waals surface area contributed by atoms with Gasteiger partial charge in [-0.25, -0.2) is 0 Å². The number of fused-ring (bicyclic) bond motifs is 1. The molecule has 5 heteroatoms. The number of nitrogens with zero attached hydrogens (tertiary/aromatic N) is 1. The standard InChI is InChI=1S/C16H15ClN2O2/c17-14-10-12(8-9-16(14)19(20)21)18-15-7-3-5-11-4-1-2-6-13(11)15/h1-2,4,6,8-10,15,18H,3,5,7H2. The number of rotatable bonds is 3. The number of halogens is 1. The first-order valence-electron chi connectivity index (χ1n) is 6.93. The van der Waals surface area contributed by atoms with E-state index in [1.807, 2.05) is 6.07 Å². The van der Waals surface area contributed by atoms with Crippen molar-refractivity contribution in [1.29, 1.82) is 0 Å². The van der Waals surface area contributed by atoms with Crippen LogP contribution in [0.1, 0.15) is 30.0 Å². The second kappa shape index (κ2) is 5.74. The quantitative estimate of drug-likeness (QED) is 0.658. The van der Waals surface area contributed by atoms with Crippen molar-refractivity contribution in [3.05, 3.63) is 68.7 Å². The zero-order valence-electron chi connectivity index (χ0n) is 11.4. The van der Waals surface area contributed by atoms with Crippen LogP contribution in [0.5, 0.6) is 0 Å². The summed E-state index contributed by atoms with van der Waals surface area (Å²) >= 11 is 5.96. The highest BCUT2D eigenvalue weighted by molar-refractivity contribution is 6.32. The van der Waals surface area contributed by atoms with Crippen LogP contribution in [0.15, 0.2) is 42.5 Å². The molecule has 4 nitrogen and oxygen atoms in total. The van der Waals surface area contributed by atoms with Gasteiger partial charge in [0.1, 0.15) is 5.02 Å². The fourth-order valence-electron chi connectivity index (χ4n) is 2.85. The first kappa shape index (κ1) is 13.9. The minimum atomic E-state index is -0.470. The van der Waals surface area contributed by atoms with Crippen molar-refractivity contribution in [2.45, 2.75) is 25.3 Å². The van der Waals surface area contributed by atoms with Crippen LogP contribution in [0.4, 0.5) is 11.4 Å². The molecule has 0 saturated carbocycles. The van der Waals surface area contributed by atoms with Crippen LogP contribution < -0.4 is 5.32 Å². The first-order valence-corrected chi connectivity index (χ1v) is 7.31. The number of hydrogen-bond acceptors (Lipinski definition) is 3. The largest absolute Gasteiger partial charge is 0.378 e. The van der Waals surface area contributed by atoms with E-state index in [0.29, 0.717) is 0 Å². The van der Waals surface area contributed by atoms with E-state index in [2.05, 4.69) is 23.5 Å². The summed E-state index contributed by atoms with van der Waals surface area (Å²) in [7, 11) is 0. The zero-order valence-corrected chi connectivity index (χ0v) is 12.1. The number of nitro benzene ring substituents is 1. The van der Waals surface area contributed by atoms with E-state index in [4.69, 9.17) is 11.6 Å². The van der Waals surface area contributed by atoms with Gasteiger partial charge in [0, 0.05) is 11.8 Å². The maximum Gasteiger partial charge on any atom is 0.288 e. The van der Waals surface area contributed by atoms with Gasteiger partial charge >= 0.3 is 0 Å². The maximum atomic E-state index is 10.8. The van der Waals surface area contributed by atoms with E-state index in [-0.39, 0.29) is 16.8 Å². The van der Waals surface area contributed by atoms with Crippen LogP contribution in [-0.2, 0) is 6.42 Å². The van der Waals surface area contributed by atoms with E-state index in [0.717, 1.165) is 24.9 Å². The molecule has 1 aliphatic carbocycles. The Morgan fingerprint density at radius 3 is 2.81 bits per heavy atom. The third-order valence-corrected chi connectivity index (χ3v) is 4.16. The second-order valence-corrected chi connectivity index (χ2v) is 5.62. The second-order valence-electron chi connectivity index (χ2n) is 5.21. The SMILES string of the molecule is O=[N+]([O-])c1ccc(NC2CCCc3ccccc32)cc1Cl. The van der Waals surface area contributed by atoms with Gasteiger partial charge in [0.15, 0.2) is 0 Å². The molecule has 1 N–H and O–H groups in total. The number of nitro groups is 1. The summed E-state index contributed by atoms with van der Waals surface area (Å²) in [6.45, 7) is 0. The molecule has 108 valence electrons. The lowest BCUT2D eigenvalue weighted by atomic mass is 9.87. The third-order valence-electron chi connectivity index (χ3n) is 3.85. The molecule has 0 aliphatic heterocycles. The predicted octanol–water partition coefficient (Wildman–Crippen LogP) is 4.74. The van der Waals surface area contributed by atoms with Gasteiger partial charge < -0.3 is 5.32 Å². The highest BCUT2D eigenvalue weighted by Crippen LogP contribution is 2.34. The molecule has 3 rings (SSSR count). The van der Waals surface area contributed by atoms with E-state index < -0.39 is 4.92 Å². The molecule has 0 saturated heterocycles. The van der Waals surface area contributed by atoms with E-state index in [1.165, 1.54) is 17.2 Å². The van der Waals surface area contributed by atoms with Gasteiger partial charge in [-0.3, -0.25) is 10.1 Å². The van der Waals surface area contributed by atoms with Crippen molar-refractivity contribution in [2.75, 3.05) is 5.32 Å². The lowest BCUT2D eigenvalue weighted by molar-refractivity contribution is -0.384. The summed E-state index contributed by atoms with van der Waals surface area (Å²) < 4.78 is 0. The van der Waals surface area contributed by atoms with E-state index >= 15 is 0 Å². The molecule has 0 spiro atoms. The Balaban J connectivity index is 1.85. The van der Waals surface area contributed by atoms with Crippen LogP contribution in [0.2, 0.25) is 5.02 Å². The van der Waals surface area contributed by atoms with Crippen molar-refractivity contribution >= 4 is 23.0 Å².